The number of hydrogen-bond acceptors (Lipinski definition) is 5. The van der Waals surface area contributed by atoms with Crippen molar-refractivity contribution in [1.82, 2.24) is 9.97 Å². The Morgan fingerprint density at radius 2 is 1.78 bits per heavy atom. The summed E-state index contributed by atoms with van der Waals surface area (Å²) in [5, 5.41) is 0. The van der Waals surface area contributed by atoms with Crippen molar-refractivity contribution in [3.63, 3.8) is 0 Å². The van der Waals surface area contributed by atoms with Crippen molar-refractivity contribution < 1.29 is 9.47 Å². The average molecular weight is 313 g/mol. The molecule has 4 rings (SSSR count). The third-order valence-electron chi connectivity index (χ3n) is 4.75. The number of anilines is 1. The first kappa shape index (κ1) is 14.7. The maximum absolute atomic E-state index is 6.34. The van der Waals surface area contributed by atoms with Gasteiger partial charge in [-0.15, -0.1) is 0 Å². The number of morpholine rings is 1. The maximum Gasteiger partial charge on any atom is 0.149 e. The van der Waals surface area contributed by atoms with Gasteiger partial charge in [-0.25, -0.2) is 4.98 Å². The van der Waals surface area contributed by atoms with E-state index in [1.807, 2.05) is 0 Å². The average Bonchev–Trinajstić information content (AvgIpc) is 2.63. The molecule has 2 heterocycles. The first-order chi connectivity index (χ1) is 11.4. The zero-order valence-electron chi connectivity index (χ0n) is 13.4. The number of nitrogens with zero attached hydrogens (tertiary/aromatic N) is 3. The fourth-order valence-electron chi connectivity index (χ4n) is 3.49. The van der Waals surface area contributed by atoms with E-state index in [1.165, 1.54) is 19.3 Å². The standard InChI is InChI=1S/C18H23N3O2/c1-2-4-15(5-3-1)23-17-13-14(21-8-10-22-11-9-21)12-16-18(17)20-7-6-19-16/h6-7,12-13,15H,1-5,8-11H2. The Morgan fingerprint density at radius 1 is 1.00 bits per heavy atom. The van der Waals surface area contributed by atoms with E-state index in [9.17, 15) is 0 Å². The zero-order valence-corrected chi connectivity index (χ0v) is 13.4. The molecule has 5 nitrogen and oxygen atoms in total. The van der Waals surface area contributed by atoms with Crippen molar-refractivity contribution in [2.75, 3.05) is 31.2 Å². The number of benzene rings is 1. The van der Waals surface area contributed by atoms with Crippen LogP contribution in [0.4, 0.5) is 5.69 Å². The molecular formula is C18H23N3O2. The van der Waals surface area contributed by atoms with E-state index in [0.29, 0.717) is 6.10 Å². The summed E-state index contributed by atoms with van der Waals surface area (Å²) < 4.78 is 11.8. The first-order valence-electron chi connectivity index (χ1n) is 8.64. The largest absolute Gasteiger partial charge is 0.488 e. The first-order valence-corrected chi connectivity index (χ1v) is 8.64. The second-order valence-electron chi connectivity index (χ2n) is 6.35. The van der Waals surface area contributed by atoms with Gasteiger partial charge in [0.25, 0.3) is 0 Å². The Hall–Kier alpha value is -1.88. The van der Waals surface area contributed by atoms with E-state index in [2.05, 4.69) is 27.0 Å². The van der Waals surface area contributed by atoms with E-state index >= 15 is 0 Å². The van der Waals surface area contributed by atoms with Crippen LogP contribution >= 0.6 is 0 Å². The van der Waals surface area contributed by atoms with E-state index in [-0.39, 0.29) is 0 Å². The minimum absolute atomic E-state index is 0.314. The smallest absolute Gasteiger partial charge is 0.149 e. The van der Waals surface area contributed by atoms with Gasteiger partial charge in [0.15, 0.2) is 0 Å². The van der Waals surface area contributed by atoms with Crippen LogP contribution in [0.3, 0.4) is 0 Å². The lowest BCUT2D eigenvalue weighted by Crippen LogP contribution is -2.36. The van der Waals surface area contributed by atoms with Gasteiger partial charge in [-0.1, -0.05) is 6.42 Å². The fourth-order valence-corrected chi connectivity index (χ4v) is 3.49. The number of ether oxygens (including phenoxy) is 2. The number of aromatic nitrogens is 2. The minimum Gasteiger partial charge on any atom is -0.488 e. The van der Waals surface area contributed by atoms with Gasteiger partial charge in [0.2, 0.25) is 0 Å². The molecule has 1 aromatic heterocycles. The number of hydrogen-bond donors (Lipinski definition) is 0. The molecule has 5 heteroatoms. The van der Waals surface area contributed by atoms with Crippen molar-refractivity contribution in [2.45, 2.75) is 38.2 Å². The van der Waals surface area contributed by atoms with Crippen LogP contribution < -0.4 is 9.64 Å². The Labute approximate surface area is 136 Å². The van der Waals surface area contributed by atoms with Crippen LogP contribution in [0.2, 0.25) is 0 Å². The fraction of sp³-hybridized carbons (Fsp3) is 0.556. The summed E-state index contributed by atoms with van der Waals surface area (Å²) in [5.74, 6) is 0.879. The van der Waals surface area contributed by atoms with E-state index in [1.54, 1.807) is 12.4 Å². The van der Waals surface area contributed by atoms with Crippen LogP contribution in [-0.4, -0.2) is 42.4 Å². The molecule has 0 unspecified atom stereocenters. The molecule has 0 spiro atoms. The molecule has 2 aromatic rings. The van der Waals surface area contributed by atoms with Gasteiger partial charge in [0.1, 0.15) is 11.3 Å². The molecule has 0 amide bonds. The van der Waals surface area contributed by atoms with Crippen LogP contribution in [0, 0.1) is 0 Å². The van der Waals surface area contributed by atoms with Gasteiger partial charge in [-0.2, -0.15) is 0 Å². The summed E-state index contributed by atoms with van der Waals surface area (Å²) in [4.78, 5) is 11.3. The predicted molar refractivity (Wildman–Crippen MR) is 90.1 cm³/mol. The van der Waals surface area contributed by atoms with Crippen LogP contribution in [-0.2, 0) is 4.74 Å². The maximum atomic E-state index is 6.34. The van der Waals surface area contributed by atoms with Crippen LogP contribution in [0.25, 0.3) is 11.0 Å². The van der Waals surface area contributed by atoms with Gasteiger partial charge in [0.05, 0.1) is 24.8 Å². The third kappa shape index (κ3) is 3.24. The Kier molecular flexibility index (Phi) is 4.28. The molecule has 1 aromatic carbocycles. The van der Waals surface area contributed by atoms with E-state index < -0.39 is 0 Å². The molecule has 0 N–H and O–H groups in total. The summed E-state index contributed by atoms with van der Waals surface area (Å²) in [6, 6.07) is 4.25. The lowest BCUT2D eigenvalue weighted by molar-refractivity contribution is 0.122. The third-order valence-corrected chi connectivity index (χ3v) is 4.75. The molecule has 122 valence electrons. The molecule has 1 saturated heterocycles. The molecule has 0 bridgehead atoms. The summed E-state index contributed by atoms with van der Waals surface area (Å²) >= 11 is 0. The summed E-state index contributed by atoms with van der Waals surface area (Å²) in [6.07, 6.45) is 9.94. The molecule has 1 saturated carbocycles. The summed E-state index contributed by atoms with van der Waals surface area (Å²) in [7, 11) is 0. The predicted octanol–water partition coefficient (Wildman–Crippen LogP) is 3.18. The van der Waals surface area contributed by atoms with Crippen molar-refractivity contribution in [3.05, 3.63) is 24.5 Å². The highest BCUT2D eigenvalue weighted by Gasteiger charge is 2.19. The molecule has 2 fully saturated rings. The molecule has 2 aliphatic rings. The van der Waals surface area contributed by atoms with Gasteiger partial charge in [-0.05, 0) is 31.7 Å². The van der Waals surface area contributed by atoms with Gasteiger partial charge >= 0.3 is 0 Å². The van der Waals surface area contributed by atoms with Crippen LogP contribution in [0.5, 0.6) is 5.75 Å². The monoisotopic (exact) mass is 313 g/mol. The molecule has 0 atom stereocenters. The molecule has 0 radical (unpaired) electrons. The quantitative estimate of drug-likeness (QED) is 0.871. The van der Waals surface area contributed by atoms with E-state index in [4.69, 9.17) is 9.47 Å². The van der Waals surface area contributed by atoms with Crippen molar-refractivity contribution in [2.24, 2.45) is 0 Å². The Morgan fingerprint density at radius 3 is 2.61 bits per heavy atom. The van der Waals surface area contributed by atoms with Crippen molar-refractivity contribution in [1.29, 1.82) is 0 Å². The van der Waals surface area contributed by atoms with E-state index in [0.717, 1.165) is 61.6 Å². The Balaban J connectivity index is 1.68. The topological polar surface area (TPSA) is 47.5 Å². The molecule has 1 aliphatic heterocycles. The summed E-state index contributed by atoms with van der Waals surface area (Å²) in [5.41, 5.74) is 2.93. The second kappa shape index (κ2) is 6.71. The lowest BCUT2D eigenvalue weighted by atomic mass is 9.98. The highest BCUT2D eigenvalue weighted by Crippen LogP contribution is 2.32. The number of fused-ring (bicyclic) bond motifs is 1. The molecule has 23 heavy (non-hydrogen) atoms. The SMILES string of the molecule is c1cnc2c(OC3CCCCC3)cc(N3CCOCC3)cc2n1. The van der Waals surface area contributed by atoms with Gasteiger partial charge in [0, 0.05) is 37.2 Å². The van der Waals surface area contributed by atoms with Gasteiger partial charge < -0.3 is 14.4 Å². The van der Waals surface area contributed by atoms with Crippen LogP contribution in [0.1, 0.15) is 32.1 Å². The molecule has 1 aliphatic carbocycles. The second-order valence-corrected chi connectivity index (χ2v) is 6.35. The van der Waals surface area contributed by atoms with Crippen LogP contribution in [0.15, 0.2) is 24.5 Å². The van der Waals surface area contributed by atoms with Crippen molar-refractivity contribution in [3.8, 4) is 5.75 Å². The minimum atomic E-state index is 0.314. The highest BCUT2D eigenvalue weighted by atomic mass is 16.5. The highest BCUT2D eigenvalue weighted by molar-refractivity contribution is 5.85. The summed E-state index contributed by atoms with van der Waals surface area (Å²) in [6.45, 7) is 3.37. The molecular weight excluding hydrogens is 290 g/mol. The lowest BCUT2D eigenvalue weighted by Gasteiger charge is -2.30. The Bertz CT molecular complexity index is 664. The zero-order chi connectivity index (χ0) is 15.5. The van der Waals surface area contributed by atoms with Crippen molar-refractivity contribution >= 4 is 16.7 Å². The van der Waals surface area contributed by atoms with Gasteiger partial charge in [-0.3, -0.25) is 4.98 Å². The number of rotatable bonds is 3. The normalized spacial score (nSPS) is 19.9.